The van der Waals surface area contributed by atoms with Crippen LogP contribution >= 0.6 is 0 Å². The fraction of sp³-hybridized carbons (Fsp3) is 0.615. The number of hydrogen-bond donors (Lipinski definition) is 2. The summed E-state index contributed by atoms with van der Waals surface area (Å²) < 4.78 is 0. The first-order chi connectivity index (χ1) is 7.75. The van der Waals surface area contributed by atoms with Gasteiger partial charge in [0.05, 0.1) is 11.4 Å². The monoisotopic (exact) mass is 217 g/mol. The molecule has 3 rings (SSSR count). The zero-order valence-electron chi connectivity index (χ0n) is 9.58. The van der Waals surface area contributed by atoms with Crippen LogP contribution in [-0.2, 0) is 12.8 Å². The molecule has 2 aliphatic carbocycles. The Bertz CT molecular complexity index is 379. The topological polar surface area (TPSA) is 64.9 Å². The second-order valence-corrected chi connectivity index (χ2v) is 5.07. The van der Waals surface area contributed by atoms with E-state index in [2.05, 4.69) is 6.07 Å². The maximum atomic E-state index is 6.12. The van der Waals surface area contributed by atoms with Crippen LogP contribution in [0.4, 0.5) is 0 Å². The molecular formula is C13H19N3. The third-order valence-electron chi connectivity index (χ3n) is 3.87. The van der Waals surface area contributed by atoms with E-state index in [1.165, 1.54) is 24.0 Å². The highest BCUT2D eigenvalue weighted by Gasteiger charge is 2.24. The molecule has 0 saturated carbocycles. The van der Waals surface area contributed by atoms with Crippen LogP contribution in [0.1, 0.15) is 60.3 Å². The molecule has 2 atom stereocenters. The second-order valence-electron chi connectivity index (χ2n) is 5.07. The van der Waals surface area contributed by atoms with E-state index in [0.29, 0.717) is 0 Å². The van der Waals surface area contributed by atoms with Gasteiger partial charge in [-0.05, 0) is 49.7 Å². The molecular weight excluding hydrogens is 198 g/mol. The summed E-state index contributed by atoms with van der Waals surface area (Å²) in [6.45, 7) is 0. The van der Waals surface area contributed by atoms with Gasteiger partial charge in [-0.3, -0.25) is 4.98 Å². The molecule has 86 valence electrons. The summed E-state index contributed by atoms with van der Waals surface area (Å²) >= 11 is 0. The van der Waals surface area contributed by atoms with Crippen LogP contribution < -0.4 is 11.5 Å². The van der Waals surface area contributed by atoms with Crippen molar-refractivity contribution in [3.63, 3.8) is 0 Å². The van der Waals surface area contributed by atoms with E-state index in [4.69, 9.17) is 16.5 Å². The molecule has 2 aliphatic rings. The number of hydrogen-bond acceptors (Lipinski definition) is 3. The van der Waals surface area contributed by atoms with Gasteiger partial charge in [0.2, 0.25) is 0 Å². The minimum absolute atomic E-state index is 0.128. The summed E-state index contributed by atoms with van der Waals surface area (Å²) in [5.74, 6) is 0. The van der Waals surface area contributed by atoms with Gasteiger partial charge < -0.3 is 11.5 Å². The van der Waals surface area contributed by atoms with E-state index in [9.17, 15) is 0 Å². The molecule has 1 aromatic rings. The summed E-state index contributed by atoms with van der Waals surface area (Å²) in [6, 6.07) is 2.57. The maximum absolute atomic E-state index is 6.12. The summed E-state index contributed by atoms with van der Waals surface area (Å²) in [5, 5.41) is 0. The Hall–Kier alpha value is -0.930. The first kappa shape index (κ1) is 10.2. The van der Waals surface area contributed by atoms with Gasteiger partial charge in [0, 0.05) is 12.1 Å². The Kier molecular flexibility index (Phi) is 2.45. The Morgan fingerprint density at radius 2 is 1.44 bits per heavy atom. The molecule has 4 N–H and O–H groups in total. The molecule has 3 heteroatoms. The van der Waals surface area contributed by atoms with Crippen molar-refractivity contribution in [2.75, 3.05) is 0 Å². The molecule has 1 heterocycles. The minimum atomic E-state index is 0.128. The highest BCUT2D eigenvalue weighted by Crippen LogP contribution is 2.33. The highest BCUT2D eigenvalue weighted by molar-refractivity contribution is 5.36. The second kappa shape index (κ2) is 3.82. The van der Waals surface area contributed by atoms with Crippen LogP contribution in [0.15, 0.2) is 6.07 Å². The van der Waals surface area contributed by atoms with Crippen LogP contribution in [0.2, 0.25) is 0 Å². The summed E-state index contributed by atoms with van der Waals surface area (Å²) in [6.07, 6.45) is 6.79. The molecule has 1 aromatic heterocycles. The number of nitrogens with zero attached hydrogens (tertiary/aromatic N) is 1. The van der Waals surface area contributed by atoms with Crippen molar-refractivity contribution < 1.29 is 0 Å². The predicted octanol–water partition coefficient (Wildman–Crippen LogP) is 1.75. The lowest BCUT2D eigenvalue weighted by Crippen LogP contribution is -2.25. The standard InChI is InChI=1S/C13H19N3/c14-10-5-1-3-8-7-9-4-2-6-11(15)13(9)16-12(8)10/h7,10-11H,1-6,14-15H2/t10-,11-/m1/s1. The van der Waals surface area contributed by atoms with Crippen LogP contribution in [0.25, 0.3) is 0 Å². The summed E-state index contributed by atoms with van der Waals surface area (Å²) in [4.78, 5) is 4.77. The predicted molar refractivity (Wildman–Crippen MR) is 64.0 cm³/mol. The lowest BCUT2D eigenvalue weighted by molar-refractivity contribution is 0.517. The SMILES string of the molecule is N[C@@H]1CCCc2cc3c(nc21)[C@H](N)CCC3. The molecule has 0 bridgehead atoms. The number of fused-ring (bicyclic) bond motifs is 2. The molecule has 16 heavy (non-hydrogen) atoms. The van der Waals surface area contributed by atoms with Crippen molar-refractivity contribution in [3.8, 4) is 0 Å². The zero-order valence-corrected chi connectivity index (χ0v) is 9.58. The normalized spacial score (nSPS) is 28.4. The molecule has 3 nitrogen and oxygen atoms in total. The van der Waals surface area contributed by atoms with E-state index in [1.54, 1.807) is 0 Å². The molecule has 0 saturated heterocycles. The maximum Gasteiger partial charge on any atom is 0.0607 e. The zero-order chi connectivity index (χ0) is 11.1. The van der Waals surface area contributed by atoms with Crippen molar-refractivity contribution in [3.05, 3.63) is 28.6 Å². The van der Waals surface area contributed by atoms with Crippen LogP contribution in [-0.4, -0.2) is 4.98 Å². The lowest BCUT2D eigenvalue weighted by Gasteiger charge is -2.27. The van der Waals surface area contributed by atoms with Crippen molar-refractivity contribution in [2.24, 2.45) is 11.5 Å². The van der Waals surface area contributed by atoms with E-state index in [0.717, 1.165) is 37.1 Å². The van der Waals surface area contributed by atoms with Gasteiger partial charge in [-0.15, -0.1) is 0 Å². The first-order valence-corrected chi connectivity index (χ1v) is 6.29. The average Bonchev–Trinajstić information content (AvgIpc) is 2.28. The Morgan fingerprint density at radius 1 is 0.938 bits per heavy atom. The Labute approximate surface area is 96.2 Å². The van der Waals surface area contributed by atoms with Crippen molar-refractivity contribution in [1.82, 2.24) is 4.98 Å². The molecule has 0 spiro atoms. The summed E-state index contributed by atoms with van der Waals surface area (Å²) in [5.41, 5.74) is 17.2. The molecule has 0 aromatic carbocycles. The first-order valence-electron chi connectivity index (χ1n) is 6.29. The van der Waals surface area contributed by atoms with Crippen LogP contribution in [0.3, 0.4) is 0 Å². The van der Waals surface area contributed by atoms with E-state index in [-0.39, 0.29) is 12.1 Å². The Morgan fingerprint density at radius 3 is 1.94 bits per heavy atom. The third-order valence-corrected chi connectivity index (χ3v) is 3.87. The van der Waals surface area contributed by atoms with Gasteiger partial charge in [0.1, 0.15) is 0 Å². The average molecular weight is 217 g/mol. The molecule has 0 amide bonds. The Balaban J connectivity index is 2.10. The van der Waals surface area contributed by atoms with Gasteiger partial charge in [-0.1, -0.05) is 6.07 Å². The smallest absolute Gasteiger partial charge is 0.0607 e. The fourth-order valence-corrected chi connectivity index (χ4v) is 2.97. The minimum Gasteiger partial charge on any atom is -0.323 e. The number of pyridine rings is 1. The van der Waals surface area contributed by atoms with E-state index in [1.807, 2.05) is 0 Å². The van der Waals surface area contributed by atoms with E-state index < -0.39 is 0 Å². The van der Waals surface area contributed by atoms with Crippen molar-refractivity contribution >= 4 is 0 Å². The lowest BCUT2D eigenvalue weighted by atomic mass is 9.86. The molecule has 0 unspecified atom stereocenters. The number of rotatable bonds is 0. The number of aromatic nitrogens is 1. The largest absolute Gasteiger partial charge is 0.323 e. The van der Waals surface area contributed by atoms with Gasteiger partial charge in [-0.25, -0.2) is 0 Å². The number of aryl methyl sites for hydroxylation is 2. The highest BCUT2D eigenvalue weighted by atomic mass is 14.8. The van der Waals surface area contributed by atoms with Crippen molar-refractivity contribution in [2.45, 2.75) is 50.6 Å². The molecule has 0 aliphatic heterocycles. The summed E-state index contributed by atoms with van der Waals surface area (Å²) in [7, 11) is 0. The van der Waals surface area contributed by atoms with Gasteiger partial charge in [0.25, 0.3) is 0 Å². The van der Waals surface area contributed by atoms with Crippen LogP contribution in [0.5, 0.6) is 0 Å². The quantitative estimate of drug-likeness (QED) is 0.696. The van der Waals surface area contributed by atoms with E-state index >= 15 is 0 Å². The van der Waals surface area contributed by atoms with Gasteiger partial charge in [0.15, 0.2) is 0 Å². The fourth-order valence-electron chi connectivity index (χ4n) is 2.97. The molecule has 0 radical (unpaired) electrons. The van der Waals surface area contributed by atoms with Gasteiger partial charge in [-0.2, -0.15) is 0 Å². The van der Waals surface area contributed by atoms with Gasteiger partial charge >= 0.3 is 0 Å². The number of nitrogens with two attached hydrogens (primary N) is 2. The molecule has 0 fully saturated rings. The van der Waals surface area contributed by atoms with Crippen LogP contribution in [0, 0.1) is 0 Å². The third kappa shape index (κ3) is 1.55. The van der Waals surface area contributed by atoms with Crippen molar-refractivity contribution in [1.29, 1.82) is 0 Å².